The number of rotatable bonds is 12. The minimum atomic E-state index is -1.00. The molecule has 0 heterocycles. The molecule has 2 aromatic carbocycles. The topological polar surface area (TPSA) is 139 Å². The van der Waals surface area contributed by atoms with Crippen LogP contribution in [0, 0.1) is 17.8 Å². The summed E-state index contributed by atoms with van der Waals surface area (Å²) in [5, 5.41) is 16.6. The average Bonchev–Trinajstić information content (AvgIpc) is 2.78. The Balaban J connectivity index is 1.90. The second-order valence-corrected chi connectivity index (χ2v) is 10.4. The van der Waals surface area contributed by atoms with E-state index in [4.69, 9.17) is 5.73 Å². The van der Waals surface area contributed by atoms with Gasteiger partial charge in [0.1, 0.15) is 6.04 Å². The standard InChI is InChI=1S/C28H37N3O5/c1-16(2)13-23(26(29)34)31-28(36)25-21(12-11-19-9-4-5-10-22(19)25)17(3)30-27(35)20(15-24(32)33)14-18-7-6-8-18/h4-5,9-12,16-18,20,23H,6-8,13-15H2,1-3H3,(H2,29,34)(H,30,35)(H,31,36)(H,32,33)/t17-,20+,23-/m0/s1. The first-order chi connectivity index (χ1) is 17.1. The van der Waals surface area contributed by atoms with Gasteiger partial charge in [-0.3, -0.25) is 19.2 Å². The molecule has 1 aliphatic carbocycles. The number of carboxylic acids is 1. The van der Waals surface area contributed by atoms with E-state index in [-0.39, 0.29) is 18.2 Å². The number of aliphatic carboxylic acids is 1. The van der Waals surface area contributed by atoms with E-state index in [0.717, 1.165) is 24.6 Å². The van der Waals surface area contributed by atoms with Crippen molar-refractivity contribution < 1.29 is 24.3 Å². The number of hydrogen-bond donors (Lipinski definition) is 4. The van der Waals surface area contributed by atoms with Crippen LogP contribution in [0.3, 0.4) is 0 Å². The monoisotopic (exact) mass is 495 g/mol. The second-order valence-electron chi connectivity index (χ2n) is 10.4. The van der Waals surface area contributed by atoms with Crippen LogP contribution >= 0.6 is 0 Å². The summed E-state index contributed by atoms with van der Waals surface area (Å²) in [6, 6.07) is 9.71. The highest BCUT2D eigenvalue weighted by Gasteiger charge is 2.30. The molecule has 5 N–H and O–H groups in total. The van der Waals surface area contributed by atoms with E-state index in [1.54, 1.807) is 13.0 Å². The predicted molar refractivity (Wildman–Crippen MR) is 138 cm³/mol. The van der Waals surface area contributed by atoms with Gasteiger partial charge in [-0.2, -0.15) is 0 Å². The van der Waals surface area contributed by atoms with Gasteiger partial charge in [-0.15, -0.1) is 0 Å². The summed E-state index contributed by atoms with van der Waals surface area (Å²) in [5.74, 6) is -2.48. The number of benzene rings is 2. The molecule has 36 heavy (non-hydrogen) atoms. The minimum absolute atomic E-state index is 0.148. The molecule has 8 nitrogen and oxygen atoms in total. The Labute approximate surface area is 212 Å². The third-order valence-electron chi connectivity index (χ3n) is 7.00. The molecule has 0 aliphatic heterocycles. The lowest BCUT2D eigenvalue weighted by molar-refractivity contribution is -0.141. The third kappa shape index (κ3) is 6.83. The van der Waals surface area contributed by atoms with Crippen molar-refractivity contribution in [2.45, 2.75) is 71.4 Å². The molecule has 0 bridgehead atoms. The van der Waals surface area contributed by atoms with E-state index in [2.05, 4.69) is 10.6 Å². The lowest BCUT2D eigenvalue weighted by Crippen LogP contribution is -2.45. The predicted octanol–water partition coefficient (Wildman–Crippen LogP) is 3.93. The van der Waals surface area contributed by atoms with Gasteiger partial charge in [-0.1, -0.05) is 69.5 Å². The highest BCUT2D eigenvalue weighted by molar-refractivity contribution is 6.09. The molecular formula is C28H37N3O5. The van der Waals surface area contributed by atoms with Gasteiger partial charge in [0, 0.05) is 5.92 Å². The van der Waals surface area contributed by atoms with Crippen molar-refractivity contribution in [1.29, 1.82) is 0 Å². The molecule has 3 atom stereocenters. The van der Waals surface area contributed by atoms with E-state index in [9.17, 15) is 24.3 Å². The van der Waals surface area contributed by atoms with Gasteiger partial charge in [0.15, 0.2) is 0 Å². The summed E-state index contributed by atoms with van der Waals surface area (Å²) in [4.78, 5) is 50.1. The number of fused-ring (bicyclic) bond motifs is 1. The average molecular weight is 496 g/mol. The van der Waals surface area contributed by atoms with Crippen molar-refractivity contribution in [2.75, 3.05) is 0 Å². The number of carboxylic acid groups (broad SMARTS) is 1. The number of nitrogens with one attached hydrogen (secondary N) is 2. The van der Waals surface area contributed by atoms with Crippen LogP contribution in [-0.4, -0.2) is 34.8 Å². The zero-order chi connectivity index (χ0) is 26.4. The molecule has 0 radical (unpaired) electrons. The lowest BCUT2D eigenvalue weighted by Gasteiger charge is -2.29. The van der Waals surface area contributed by atoms with E-state index >= 15 is 0 Å². The van der Waals surface area contributed by atoms with Crippen molar-refractivity contribution in [3.05, 3.63) is 47.5 Å². The van der Waals surface area contributed by atoms with Gasteiger partial charge in [-0.05, 0) is 47.9 Å². The Hall–Kier alpha value is -3.42. The first-order valence-corrected chi connectivity index (χ1v) is 12.7. The number of carbonyl (C=O) groups is 4. The fourth-order valence-corrected chi connectivity index (χ4v) is 4.88. The van der Waals surface area contributed by atoms with Crippen molar-refractivity contribution in [2.24, 2.45) is 23.5 Å². The van der Waals surface area contributed by atoms with E-state index in [1.165, 1.54) is 0 Å². The molecular weight excluding hydrogens is 458 g/mol. The van der Waals surface area contributed by atoms with Crippen molar-refractivity contribution >= 4 is 34.5 Å². The fraction of sp³-hybridized carbons (Fsp3) is 0.500. The summed E-state index contributed by atoms with van der Waals surface area (Å²) in [6.45, 7) is 5.67. The molecule has 2 aromatic rings. The van der Waals surface area contributed by atoms with Gasteiger partial charge in [0.05, 0.1) is 18.0 Å². The largest absolute Gasteiger partial charge is 0.481 e. The Kier molecular flexibility index (Phi) is 9.07. The van der Waals surface area contributed by atoms with Crippen molar-refractivity contribution in [1.82, 2.24) is 10.6 Å². The first-order valence-electron chi connectivity index (χ1n) is 12.7. The third-order valence-corrected chi connectivity index (χ3v) is 7.00. The number of nitrogens with two attached hydrogens (primary N) is 1. The lowest BCUT2D eigenvalue weighted by atomic mass is 9.78. The smallest absolute Gasteiger partial charge is 0.304 e. The quantitative estimate of drug-likeness (QED) is 0.353. The summed E-state index contributed by atoms with van der Waals surface area (Å²) < 4.78 is 0. The van der Waals surface area contributed by atoms with Gasteiger partial charge in [0.25, 0.3) is 5.91 Å². The molecule has 3 rings (SSSR count). The van der Waals surface area contributed by atoms with Gasteiger partial charge in [-0.25, -0.2) is 0 Å². The normalized spacial score (nSPS) is 16.1. The number of hydrogen-bond acceptors (Lipinski definition) is 4. The summed E-state index contributed by atoms with van der Waals surface area (Å²) in [6.07, 6.45) is 3.88. The number of primary amides is 1. The molecule has 194 valence electrons. The van der Waals surface area contributed by atoms with Crippen molar-refractivity contribution in [3.63, 3.8) is 0 Å². The summed E-state index contributed by atoms with van der Waals surface area (Å²) >= 11 is 0. The van der Waals surface area contributed by atoms with Crippen LogP contribution in [0.25, 0.3) is 10.8 Å². The highest BCUT2D eigenvalue weighted by atomic mass is 16.4. The molecule has 1 fully saturated rings. The molecule has 0 aromatic heterocycles. The zero-order valence-corrected chi connectivity index (χ0v) is 21.3. The van der Waals surface area contributed by atoms with Crippen LogP contribution in [0.5, 0.6) is 0 Å². The zero-order valence-electron chi connectivity index (χ0n) is 21.3. The maximum absolute atomic E-state index is 13.5. The van der Waals surface area contributed by atoms with Crippen LogP contribution < -0.4 is 16.4 Å². The van der Waals surface area contributed by atoms with Crippen molar-refractivity contribution in [3.8, 4) is 0 Å². The van der Waals surface area contributed by atoms with E-state index in [0.29, 0.717) is 35.3 Å². The summed E-state index contributed by atoms with van der Waals surface area (Å²) in [7, 11) is 0. The Bertz CT molecular complexity index is 1130. The molecule has 0 spiro atoms. The number of amides is 3. The molecule has 0 unspecified atom stereocenters. The molecule has 3 amide bonds. The fourth-order valence-electron chi connectivity index (χ4n) is 4.88. The molecule has 0 saturated heterocycles. The van der Waals surface area contributed by atoms with Crippen LogP contribution in [0.2, 0.25) is 0 Å². The molecule has 8 heteroatoms. The van der Waals surface area contributed by atoms with Crippen LogP contribution in [0.4, 0.5) is 0 Å². The number of carbonyl (C=O) groups excluding carboxylic acids is 3. The Morgan fingerprint density at radius 3 is 2.31 bits per heavy atom. The van der Waals surface area contributed by atoms with Crippen LogP contribution in [-0.2, 0) is 14.4 Å². The molecule has 1 saturated carbocycles. The maximum atomic E-state index is 13.5. The first kappa shape index (κ1) is 27.2. The SMILES string of the molecule is CC(C)C[C@H](NC(=O)c1c([C@H](C)NC(=O)[C@@H](CC(=O)O)CC2CCC2)ccc2ccccc12)C(N)=O. The van der Waals surface area contributed by atoms with Gasteiger partial charge < -0.3 is 21.5 Å². The van der Waals surface area contributed by atoms with E-state index < -0.39 is 35.8 Å². The Morgan fingerprint density at radius 1 is 1.03 bits per heavy atom. The highest BCUT2D eigenvalue weighted by Crippen LogP contribution is 2.34. The minimum Gasteiger partial charge on any atom is -0.481 e. The van der Waals surface area contributed by atoms with E-state index in [1.807, 2.05) is 44.2 Å². The van der Waals surface area contributed by atoms with Gasteiger partial charge in [0.2, 0.25) is 11.8 Å². The maximum Gasteiger partial charge on any atom is 0.304 e. The summed E-state index contributed by atoms with van der Waals surface area (Å²) in [5.41, 5.74) is 6.51. The molecule has 1 aliphatic rings. The Morgan fingerprint density at radius 2 is 1.72 bits per heavy atom. The van der Waals surface area contributed by atoms with Gasteiger partial charge >= 0.3 is 5.97 Å². The van der Waals surface area contributed by atoms with Crippen LogP contribution in [0.15, 0.2) is 36.4 Å². The second kappa shape index (κ2) is 12.0. The van der Waals surface area contributed by atoms with Crippen LogP contribution in [0.1, 0.15) is 81.3 Å².